The van der Waals surface area contributed by atoms with E-state index in [4.69, 9.17) is 9.73 Å². The molecule has 1 N–H and O–H groups in total. The molecule has 0 aromatic heterocycles. The van der Waals surface area contributed by atoms with E-state index in [1.54, 1.807) is 28.8 Å². The van der Waals surface area contributed by atoms with Crippen LogP contribution in [0.15, 0.2) is 62.3 Å². The van der Waals surface area contributed by atoms with Gasteiger partial charge in [-0.2, -0.15) is 5.26 Å². The normalized spacial score (nSPS) is 21.2. The zero-order valence-corrected chi connectivity index (χ0v) is 22.0. The van der Waals surface area contributed by atoms with Crippen LogP contribution in [-0.4, -0.2) is 73.9 Å². The minimum atomic E-state index is -0.0318. The Morgan fingerprint density at radius 1 is 1.14 bits per heavy atom. The Balaban J connectivity index is 1.51. The number of nitrogens with one attached hydrogen (secondary N) is 1. The summed E-state index contributed by atoms with van der Waals surface area (Å²) in [5, 5.41) is 14.3. The Hall–Kier alpha value is -2.97. The fourth-order valence-corrected chi connectivity index (χ4v) is 6.68. The Morgan fingerprint density at radius 3 is 2.69 bits per heavy atom. The average molecular weight is 521 g/mol. The first-order valence-electron chi connectivity index (χ1n) is 12.0. The number of para-hydroxylation sites is 1. The van der Waals surface area contributed by atoms with Gasteiger partial charge >= 0.3 is 0 Å². The highest BCUT2D eigenvalue weighted by atomic mass is 32.2. The highest BCUT2D eigenvalue weighted by molar-refractivity contribution is 8.19. The first kappa shape index (κ1) is 24.7. The summed E-state index contributed by atoms with van der Waals surface area (Å²) in [6.45, 7) is 7.18. The molecule has 2 aromatic carbocycles. The highest BCUT2D eigenvalue weighted by Gasteiger charge is 2.39. The molecule has 10 heteroatoms. The monoisotopic (exact) mass is 520 g/mol. The number of carbonyl (C=O) groups is 1. The number of morpholine rings is 1. The second-order valence-corrected chi connectivity index (χ2v) is 10.6. The molecule has 3 heterocycles. The van der Waals surface area contributed by atoms with Crippen molar-refractivity contribution in [3.63, 3.8) is 0 Å². The number of aliphatic imine (C=N–C) groups is 1. The van der Waals surface area contributed by atoms with Crippen molar-refractivity contribution >= 4 is 51.7 Å². The van der Waals surface area contributed by atoms with Crippen molar-refractivity contribution in [1.29, 1.82) is 5.26 Å². The minimum Gasteiger partial charge on any atom is -0.384 e. The van der Waals surface area contributed by atoms with Gasteiger partial charge in [0.1, 0.15) is 4.91 Å². The number of amides is 1. The molecular formula is C26H28N6O2S2. The highest BCUT2D eigenvalue weighted by Crippen LogP contribution is 2.50. The van der Waals surface area contributed by atoms with Crippen molar-refractivity contribution in [2.75, 3.05) is 63.2 Å². The van der Waals surface area contributed by atoms with Crippen LogP contribution in [0.4, 0.5) is 17.1 Å². The summed E-state index contributed by atoms with van der Waals surface area (Å²) in [6.07, 6.45) is 0. The van der Waals surface area contributed by atoms with Crippen molar-refractivity contribution < 1.29 is 9.53 Å². The molecule has 0 bridgehead atoms. The van der Waals surface area contributed by atoms with E-state index >= 15 is 0 Å². The first-order chi connectivity index (χ1) is 17.6. The first-order valence-corrected chi connectivity index (χ1v) is 13.6. The van der Waals surface area contributed by atoms with E-state index in [2.05, 4.69) is 33.3 Å². The van der Waals surface area contributed by atoms with Crippen molar-refractivity contribution in [3.8, 4) is 6.07 Å². The number of ether oxygens (including phenoxy) is 1. The third-order valence-corrected chi connectivity index (χ3v) is 8.68. The van der Waals surface area contributed by atoms with Gasteiger partial charge in [-0.3, -0.25) is 14.6 Å². The molecule has 3 aliphatic rings. The minimum absolute atomic E-state index is 0.0318. The number of rotatable bonds is 6. The van der Waals surface area contributed by atoms with Crippen LogP contribution in [0.2, 0.25) is 0 Å². The van der Waals surface area contributed by atoms with Crippen molar-refractivity contribution in [2.24, 2.45) is 4.99 Å². The maximum atomic E-state index is 13.8. The van der Waals surface area contributed by atoms with Gasteiger partial charge in [-0.25, -0.2) is 4.99 Å². The van der Waals surface area contributed by atoms with Crippen molar-refractivity contribution in [2.45, 2.75) is 11.8 Å². The number of thioether (sulfide) groups is 2. The van der Waals surface area contributed by atoms with Gasteiger partial charge in [0.2, 0.25) is 0 Å². The van der Waals surface area contributed by atoms with Gasteiger partial charge in [-0.15, -0.1) is 0 Å². The number of fused-ring (bicyclic) bond motifs is 1. The number of anilines is 2. The third kappa shape index (κ3) is 4.97. The summed E-state index contributed by atoms with van der Waals surface area (Å²) < 4.78 is 5.48. The molecule has 36 heavy (non-hydrogen) atoms. The van der Waals surface area contributed by atoms with Crippen LogP contribution in [0, 0.1) is 11.3 Å². The summed E-state index contributed by atoms with van der Waals surface area (Å²) in [4.78, 5) is 26.8. The van der Waals surface area contributed by atoms with Crippen molar-refractivity contribution in [3.05, 3.63) is 58.0 Å². The molecule has 8 nitrogen and oxygen atoms in total. The van der Waals surface area contributed by atoms with Gasteiger partial charge in [-0.05, 0) is 49.0 Å². The van der Waals surface area contributed by atoms with Gasteiger partial charge in [0.15, 0.2) is 5.17 Å². The van der Waals surface area contributed by atoms with Crippen LogP contribution in [0.25, 0.3) is 0 Å². The molecule has 5 rings (SSSR count). The predicted molar refractivity (Wildman–Crippen MR) is 147 cm³/mol. The summed E-state index contributed by atoms with van der Waals surface area (Å²) in [5.41, 5.74) is 3.13. The Labute approximate surface area is 220 Å². The molecule has 0 radical (unpaired) electrons. The molecule has 0 spiro atoms. The molecule has 186 valence electrons. The lowest BCUT2D eigenvalue weighted by atomic mass is 10.2. The van der Waals surface area contributed by atoms with Gasteiger partial charge in [-0.1, -0.05) is 23.9 Å². The Bertz CT molecular complexity index is 1270. The van der Waals surface area contributed by atoms with E-state index in [-0.39, 0.29) is 5.91 Å². The lowest BCUT2D eigenvalue weighted by Crippen LogP contribution is -2.42. The SMILES string of the molecule is CCNc1ccc(C#N)cc1/N=C1\S/C(=C2\Sc3ccccc3N2C)C(=O)N1CCN1CCOCC1. The fourth-order valence-electron chi connectivity index (χ4n) is 4.32. The number of nitrogens with zero attached hydrogens (tertiary/aromatic N) is 5. The summed E-state index contributed by atoms with van der Waals surface area (Å²) in [7, 11) is 2.00. The zero-order valence-electron chi connectivity index (χ0n) is 20.4. The maximum absolute atomic E-state index is 13.8. The van der Waals surface area contributed by atoms with Gasteiger partial charge in [0.05, 0.1) is 46.9 Å². The van der Waals surface area contributed by atoms with Crippen LogP contribution in [0.5, 0.6) is 0 Å². The van der Waals surface area contributed by atoms with Crippen LogP contribution in [0.3, 0.4) is 0 Å². The number of hydrogen-bond donors (Lipinski definition) is 1. The number of benzene rings is 2. The molecule has 3 aliphatic heterocycles. The molecular weight excluding hydrogens is 492 g/mol. The molecule has 0 atom stereocenters. The fraction of sp³-hybridized carbons (Fsp3) is 0.346. The second kappa shape index (κ2) is 11.0. The summed E-state index contributed by atoms with van der Waals surface area (Å²) in [6, 6.07) is 15.8. The van der Waals surface area contributed by atoms with E-state index in [0.29, 0.717) is 41.1 Å². The quantitative estimate of drug-likeness (QED) is 0.565. The molecule has 2 saturated heterocycles. The van der Waals surface area contributed by atoms with Gasteiger partial charge in [0.25, 0.3) is 5.91 Å². The van der Waals surface area contributed by atoms with Crippen LogP contribution < -0.4 is 10.2 Å². The summed E-state index contributed by atoms with van der Waals surface area (Å²) >= 11 is 3.03. The van der Waals surface area contributed by atoms with E-state index in [0.717, 1.165) is 47.5 Å². The molecule has 1 amide bonds. The molecule has 0 unspecified atom stereocenters. The van der Waals surface area contributed by atoms with E-state index in [1.807, 2.05) is 32.2 Å². The molecule has 0 saturated carbocycles. The lowest BCUT2D eigenvalue weighted by molar-refractivity contribution is -0.122. The van der Waals surface area contributed by atoms with E-state index in [9.17, 15) is 10.1 Å². The molecule has 0 aliphatic carbocycles. The van der Waals surface area contributed by atoms with Crippen LogP contribution in [0.1, 0.15) is 12.5 Å². The zero-order chi connectivity index (χ0) is 25.1. The Kier molecular flexibility index (Phi) is 7.53. The Morgan fingerprint density at radius 2 is 1.94 bits per heavy atom. The number of carbonyl (C=O) groups excluding carboxylic acids is 1. The van der Waals surface area contributed by atoms with E-state index in [1.165, 1.54) is 11.8 Å². The van der Waals surface area contributed by atoms with Gasteiger partial charge < -0.3 is 15.0 Å². The van der Waals surface area contributed by atoms with Gasteiger partial charge in [0, 0.05) is 44.7 Å². The third-order valence-electron chi connectivity index (χ3n) is 6.25. The number of nitriles is 1. The lowest BCUT2D eigenvalue weighted by Gasteiger charge is -2.28. The van der Waals surface area contributed by atoms with Crippen LogP contribution in [-0.2, 0) is 9.53 Å². The van der Waals surface area contributed by atoms with Crippen molar-refractivity contribution in [1.82, 2.24) is 9.80 Å². The maximum Gasteiger partial charge on any atom is 0.269 e. The standard InChI is InChI=1S/C26H28N6O2S2/c1-3-28-19-9-8-18(17-27)16-20(19)29-26-32(11-10-31-12-14-34-15-13-31)24(33)23(36-26)25-30(2)21-6-4-5-7-22(21)35-25/h4-9,16,28H,3,10-15H2,1-2H3/b25-23-,29-26-. The smallest absolute Gasteiger partial charge is 0.269 e. The predicted octanol–water partition coefficient (Wildman–Crippen LogP) is 4.30. The molecule has 2 fully saturated rings. The summed E-state index contributed by atoms with van der Waals surface area (Å²) in [5.74, 6) is -0.0318. The van der Waals surface area contributed by atoms with E-state index < -0.39 is 0 Å². The second-order valence-electron chi connectivity index (χ2n) is 8.54. The average Bonchev–Trinajstić information content (AvgIpc) is 3.40. The number of amidine groups is 1. The molecule has 2 aromatic rings. The van der Waals surface area contributed by atoms with Crippen LogP contribution >= 0.6 is 23.5 Å². The number of hydrogen-bond acceptors (Lipinski definition) is 9. The topological polar surface area (TPSA) is 84.2 Å². The largest absolute Gasteiger partial charge is 0.384 e.